The molecule has 1 aromatic carbocycles. The fourth-order valence-corrected chi connectivity index (χ4v) is 2.72. The average Bonchev–Trinajstić information content (AvgIpc) is 2.28. The van der Waals surface area contributed by atoms with Gasteiger partial charge in [-0.1, -0.05) is 13.8 Å². The predicted octanol–water partition coefficient (Wildman–Crippen LogP) is 1.61. The number of hydrogen-bond donors (Lipinski definition) is 2. The summed E-state index contributed by atoms with van der Waals surface area (Å²) in [5.41, 5.74) is 6.06. The molecule has 0 aliphatic carbocycles. The third-order valence-corrected chi connectivity index (χ3v) is 3.97. The van der Waals surface area contributed by atoms with Crippen LogP contribution in [0.3, 0.4) is 0 Å². The van der Waals surface area contributed by atoms with E-state index >= 15 is 0 Å². The highest BCUT2D eigenvalue weighted by Crippen LogP contribution is 2.12. The fraction of sp³-hybridized carbons (Fsp3) is 0.538. The Labute approximate surface area is 115 Å². The molecule has 0 saturated heterocycles. The van der Waals surface area contributed by atoms with Crippen LogP contribution in [0.4, 0.5) is 5.69 Å². The van der Waals surface area contributed by atoms with E-state index in [4.69, 9.17) is 10.5 Å². The summed E-state index contributed by atoms with van der Waals surface area (Å²) in [5.74, 6) is 0.431. The van der Waals surface area contributed by atoms with Crippen LogP contribution in [0.15, 0.2) is 29.2 Å². The Kier molecular flexibility index (Phi) is 5.78. The van der Waals surface area contributed by atoms with Crippen molar-refractivity contribution in [2.45, 2.75) is 31.7 Å². The van der Waals surface area contributed by atoms with E-state index in [0.717, 1.165) is 0 Å². The van der Waals surface area contributed by atoms with E-state index in [1.807, 2.05) is 13.8 Å². The Morgan fingerprint density at radius 3 is 2.26 bits per heavy atom. The van der Waals surface area contributed by atoms with Gasteiger partial charge in [-0.2, -0.15) is 0 Å². The molecule has 0 unspecified atom stereocenters. The van der Waals surface area contributed by atoms with Gasteiger partial charge in [0.2, 0.25) is 10.0 Å². The first-order valence-electron chi connectivity index (χ1n) is 6.27. The summed E-state index contributed by atoms with van der Waals surface area (Å²) >= 11 is 0. The lowest BCUT2D eigenvalue weighted by molar-refractivity contribution is 0.0984. The van der Waals surface area contributed by atoms with Gasteiger partial charge in [0.15, 0.2) is 0 Å². The third-order valence-electron chi connectivity index (χ3n) is 2.37. The van der Waals surface area contributed by atoms with Crippen molar-refractivity contribution in [1.29, 1.82) is 0 Å². The van der Waals surface area contributed by atoms with Crippen molar-refractivity contribution in [2.75, 3.05) is 18.9 Å². The number of rotatable bonds is 7. The highest BCUT2D eigenvalue weighted by atomic mass is 32.2. The Morgan fingerprint density at radius 1 is 1.16 bits per heavy atom. The summed E-state index contributed by atoms with van der Waals surface area (Å²) in [6.07, 6.45) is 0. The molecule has 0 radical (unpaired) electrons. The van der Waals surface area contributed by atoms with Gasteiger partial charge in [0.05, 0.1) is 11.5 Å². The summed E-state index contributed by atoms with van der Waals surface area (Å²) in [6.45, 7) is 6.84. The summed E-state index contributed by atoms with van der Waals surface area (Å²) < 4.78 is 32.1. The minimum atomic E-state index is -3.51. The van der Waals surface area contributed by atoms with Gasteiger partial charge in [-0.05, 0) is 37.1 Å². The topological polar surface area (TPSA) is 81.4 Å². The number of anilines is 1. The van der Waals surface area contributed by atoms with Crippen LogP contribution in [0.1, 0.15) is 20.8 Å². The maximum atomic E-state index is 12.0. The van der Waals surface area contributed by atoms with Crippen LogP contribution in [0, 0.1) is 5.92 Å². The molecule has 0 amide bonds. The van der Waals surface area contributed by atoms with Gasteiger partial charge >= 0.3 is 0 Å². The van der Waals surface area contributed by atoms with Crippen molar-refractivity contribution in [1.82, 2.24) is 4.72 Å². The van der Waals surface area contributed by atoms with E-state index < -0.39 is 10.0 Å². The van der Waals surface area contributed by atoms with E-state index in [2.05, 4.69) is 4.72 Å². The molecule has 19 heavy (non-hydrogen) atoms. The zero-order valence-electron chi connectivity index (χ0n) is 11.6. The molecule has 0 saturated carbocycles. The third kappa shape index (κ3) is 5.59. The fourth-order valence-electron chi connectivity index (χ4n) is 1.49. The number of benzene rings is 1. The highest BCUT2D eigenvalue weighted by molar-refractivity contribution is 7.89. The zero-order valence-corrected chi connectivity index (χ0v) is 12.4. The first-order chi connectivity index (χ1) is 8.81. The quantitative estimate of drug-likeness (QED) is 0.746. The van der Waals surface area contributed by atoms with E-state index in [1.54, 1.807) is 19.1 Å². The molecule has 6 heteroatoms. The number of hydrogen-bond acceptors (Lipinski definition) is 4. The monoisotopic (exact) mass is 286 g/mol. The highest BCUT2D eigenvalue weighted by Gasteiger charge is 2.17. The van der Waals surface area contributed by atoms with Crippen molar-refractivity contribution in [2.24, 2.45) is 5.92 Å². The maximum Gasteiger partial charge on any atom is 0.240 e. The van der Waals surface area contributed by atoms with Crippen LogP contribution in [-0.4, -0.2) is 27.7 Å². The van der Waals surface area contributed by atoms with Crippen molar-refractivity contribution in [3.05, 3.63) is 24.3 Å². The number of nitrogen functional groups attached to an aromatic ring is 1. The van der Waals surface area contributed by atoms with Gasteiger partial charge in [0.25, 0.3) is 0 Å². The smallest absolute Gasteiger partial charge is 0.240 e. The maximum absolute atomic E-state index is 12.0. The van der Waals surface area contributed by atoms with Crippen LogP contribution in [0.2, 0.25) is 0 Å². The second kappa shape index (κ2) is 6.88. The summed E-state index contributed by atoms with van der Waals surface area (Å²) in [5, 5.41) is 0. The van der Waals surface area contributed by atoms with Gasteiger partial charge in [-0.15, -0.1) is 0 Å². The molecule has 1 aromatic rings. The molecule has 0 bridgehead atoms. The molecule has 0 heterocycles. The van der Waals surface area contributed by atoms with Gasteiger partial charge in [0.1, 0.15) is 0 Å². The van der Waals surface area contributed by atoms with Crippen molar-refractivity contribution in [3.8, 4) is 0 Å². The van der Waals surface area contributed by atoms with Crippen LogP contribution in [0.5, 0.6) is 0 Å². The van der Waals surface area contributed by atoms with Crippen LogP contribution in [0.25, 0.3) is 0 Å². The summed E-state index contributed by atoms with van der Waals surface area (Å²) in [7, 11) is -3.51. The molecule has 1 rings (SSSR count). The van der Waals surface area contributed by atoms with Gasteiger partial charge < -0.3 is 10.5 Å². The van der Waals surface area contributed by atoms with Crippen LogP contribution < -0.4 is 10.5 Å². The minimum absolute atomic E-state index is 0.206. The normalized spacial score (nSPS) is 13.7. The number of sulfonamides is 1. The second-order valence-electron chi connectivity index (χ2n) is 5.02. The van der Waals surface area contributed by atoms with Crippen molar-refractivity contribution in [3.63, 3.8) is 0 Å². The lowest BCUT2D eigenvalue weighted by atomic mass is 10.2. The molecular weight excluding hydrogens is 264 g/mol. The van der Waals surface area contributed by atoms with E-state index in [1.165, 1.54) is 12.1 Å². The molecule has 0 aromatic heterocycles. The molecule has 1 atom stereocenters. The number of nitrogens with one attached hydrogen (secondary N) is 1. The van der Waals surface area contributed by atoms with Gasteiger partial charge in [-0.25, -0.2) is 13.1 Å². The summed E-state index contributed by atoms with van der Waals surface area (Å²) in [4.78, 5) is 0.206. The lowest BCUT2D eigenvalue weighted by Crippen LogP contribution is -2.36. The molecule has 108 valence electrons. The number of nitrogens with two attached hydrogens (primary N) is 1. The van der Waals surface area contributed by atoms with Crippen LogP contribution >= 0.6 is 0 Å². The Hall–Kier alpha value is -1.11. The van der Waals surface area contributed by atoms with Crippen molar-refractivity contribution < 1.29 is 13.2 Å². The Morgan fingerprint density at radius 2 is 1.74 bits per heavy atom. The molecule has 0 fully saturated rings. The van der Waals surface area contributed by atoms with E-state index in [0.29, 0.717) is 24.8 Å². The summed E-state index contributed by atoms with van der Waals surface area (Å²) in [6, 6.07) is 5.82. The first kappa shape index (κ1) is 15.9. The molecule has 0 aliphatic heterocycles. The SMILES string of the molecule is CC(C)COC[C@@H](C)NS(=O)(=O)c1ccc(N)cc1. The van der Waals surface area contributed by atoms with Crippen LogP contribution in [-0.2, 0) is 14.8 Å². The largest absolute Gasteiger partial charge is 0.399 e. The number of ether oxygens (including phenoxy) is 1. The molecule has 5 nitrogen and oxygen atoms in total. The molecule has 3 N–H and O–H groups in total. The van der Waals surface area contributed by atoms with Crippen molar-refractivity contribution >= 4 is 15.7 Å². The molecular formula is C13H22N2O3S. The predicted molar refractivity (Wildman–Crippen MR) is 76.3 cm³/mol. The second-order valence-corrected chi connectivity index (χ2v) is 6.74. The van der Waals surface area contributed by atoms with E-state index in [-0.39, 0.29) is 10.9 Å². The van der Waals surface area contributed by atoms with E-state index in [9.17, 15) is 8.42 Å². The van der Waals surface area contributed by atoms with Gasteiger partial charge in [-0.3, -0.25) is 0 Å². The molecule has 0 aliphatic rings. The van der Waals surface area contributed by atoms with Gasteiger partial charge in [0, 0.05) is 18.3 Å². The Bertz CT molecular complexity index is 483. The average molecular weight is 286 g/mol. The first-order valence-corrected chi connectivity index (χ1v) is 7.75. The molecule has 0 spiro atoms. The minimum Gasteiger partial charge on any atom is -0.399 e. The Balaban J connectivity index is 2.57. The standard InChI is InChI=1S/C13H22N2O3S/c1-10(2)8-18-9-11(3)15-19(16,17)13-6-4-12(14)5-7-13/h4-7,10-11,15H,8-9,14H2,1-3H3/t11-/m1/s1. The zero-order chi connectivity index (χ0) is 14.5. The lowest BCUT2D eigenvalue weighted by Gasteiger charge is -2.15.